The van der Waals surface area contributed by atoms with E-state index in [9.17, 15) is 19.2 Å². The number of benzene rings is 2. The number of amides is 2. The van der Waals surface area contributed by atoms with Crippen LogP contribution in [0, 0.1) is 12.7 Å². The molecule has 2 aromatic heterocycles. The highest BCUT2D eigenvalue weighted by atomic mass is 35.5. The number of carbonyl (C=O) groups is 2. The lowest BCUT2D eigenvalue weighted by Crippen LogP contribution is -2.43. The summed E-state index contributed by atoms with van der Waals surface area (Å²) in [7, 11) is 4.14. The molecule has 14 heteroatoms. The summed E-state index contributed by atoms with van der Waals surface area (Å²) in [5.41, 5.74) is 2.29. The van der Waals surface area contributed by atoms with Gasteiger partial charge < -0.3 is 20.7 Å². The molecular formula is C33H33ClFN7O5. The normalized spacial score (nSPS) is 17.0. The van der Waals surface area contributed by atoms with Gasteiger partial charge in [-0.05, 0) is 55.5 Å². The molecule has 1 fully saturated rings. The summed E-state index contributed by atoms with van der Waals surface area (Å²) < 4.78 is 22.9. The predicted octanol–water partition coefficient (Wildman–Crippen LogP) is 3.43. The molecular weight excluding hydrogens is 629 g/mol. The molecule has 244 valence electrons. The van der Waals surface area contributed by atoms with Crippen molar-refractivity contribution in [1.29, 1.82) is 0 Å². The summed E-state index contributed by atoms with van der Waals surface area (Å²) in [5, 5.41) is 13.2. The molecule has 1 saturated heterocycles. The largest absolute Gasteiger partial charge is 0.481 e. The molecule has 0 saturated carbocycles. The summed E-state index contributed by atoms with van der Waals surface area (Å²) in [4.78, 5) is 54.1. The van der Waals surface area contributed by atoms with Crippen LogP contribution in [0.25, 0.3) is 22.4 Å². The smallest absolute Gasteiger partial charge is 0.346 e. The van der Waals surface area contributed by atoms with Crippen LogP contribution in [0.3, 0.4) is 0 Å². The zero-order chi connectivity index (χ0) is 33.6. The number of carbonyl (C=O) groups excluding carboxylic acids is 2. The van der Waals surface area contributed by atoms with Crippen molar-refractivity contribution < 1.29 is 18.7 Å². The lowest BCUT2D eigenvalue weighted by atomic mass is 9.95. The van der Waals surface area contributed by atoms with Crippen molar-refractivity contribution in [3.63, 3.8) is 0 Å². The Morgan fingerprint density at radius 1 is 1.13 bits per heavy atom. The number of fused-ring (bicyclic) bond motifs is 1. The van der Waals surface area contributed by atoms with Crippen molar-refractivity contribution >= 4 is 29.1 Å². The monoisotopic (exact) mass is 661 g/mol. The van der Waals surface area contributed by atoms with Crippen LogP contribution in [-0.2, 0) is 25.3 Å². The first-order chi connectivity index (χ1) is 22.5. The number of aryl methyl sites for hydroxylation is 2. The molecule has 2 atom stereocenters. The Balaban J connectivity index is 1.32. The van der Waals surface area contributed by atoms with E-state index in [1.165, 1.54) is 26.2 Å². The van der Waals surface area contributed by atoms with Gasteiger partial charge in [0.1, 0.15) is 5.82 Å². The summed E-state index contributed by atoms with van der Waals surface area (Å²) in [6.07, 6.45) is 2.97. The van der Waals surface area contributed by atoms with Crippen molar-refractivity contribution in [2.24, 2.45) is 14.1 Å². The van der Waals surface area contributed by atoms with E-state index in [1.807, 2.05) is 6.07 Å². The first-order valence-electron chi connectivity index (χ1n) is 15.1. The number of halogens is 2. The highest BCUT2D eigenvalue weighted by molar-refractivity contribution is 6.36. The van der Waals surface area contributed by atoms with E-state index in [1.54, 1.807) is 32.2 Å². The summed E-state index contributed by atoms with van der Waals surface area (Å²) >= 11 is 6.99. The molecule has 0 unspecified atom stereocenters. The van der Waals surface area contributed by atoms with Gasteiger partial charge in [0.25, 0.3) is 11.5 Å². The first-order valence-corrected chi connectivity index (χ1v) is 15.5. The zero-order valence-corrected chi connectivity index (χ0v) is 27.0. The van der Waals surface area contributed by atoms with Crippen molar-refractivity contribution in [1.82, 2.24) is 30.0 Å². The molecule has 3 N–H and O–H groups in total. The van der Waals surface area contributed by atoms with Crippen molar-refractivity contribution in [3.05, 3.63) is 90.5 Å². The van der Waals surface area contributed by atoms with E-state index < -0.39 is 28.7 Å². The summed E-state index contributed by atoms with van der Waals surface area (Å²) in [6, 6.07) is 9.91. The lowest BCUT2D eigenvalue weighted by molar-refractivity contribution is -0.119. The second-order valence-electron chi connectivity index (χ2n) is 11.7. The van der Waals surface area contributed by atoms with Crippen LogP contribution in [0.1, 0.15) is 52.5 Å². The fraction of sp³-hybridized carbons (Fsp3) is 0.333. The van der Waals surface area contributed by atoms with Crippen molar-refractivity contribution in [2.45, 2.75) is 44.7 Å². The highest BCUT2D eigenvalue weighted by Crippen LogP contribution is 2.43. The number of aromatic nitrogens is 4. The quantitative estimate of drug-likeness (QED) is 0.260. The van der Waals surface area contributed by atoms with Gasteiger partial charge in [0.15, 0.2) is 0 Å². The van der Waals surface area contributed by atoms with Gasteiger partial charge >= 0.3 is 5.69 Å². The van der Waals surface area contributed by atoms with E-state index in [-0.39, 0.29) is 34.3 Å². The van der Waals surface area contributed by atoms with Crippen LogP contribution in [0.4, 0.5) is 10.1 Å². The van der Waals surface area contributed by atoms with Gasteiger partial charge in [-0.3, -0.25) is 19.0 Å². The average molecular weight is 662 g/mol. The molecule has 47 heavy (non-hydrogen) atoms. The molecule has 1 aliphatic carbocycles. The number of anilines is 1. The number of hydrogen-bond acceptors (Lipinski definition) is 8. The Morgan fingerprint density at radius 3 is 2.62 bits per heavy atom. The molecule has 2 aliphatic rings. The molecule has 6 rings (SSSR count). The number of nitrogens with zero attached hydrogens (tertiary/aromatic N) is 4. The third kappa shape index (κ3) is 5.92. The number of pyridine rings is 1. The third-order valence-electron chi connectivity index (χ3n) is 8.79. The van der Waals surface area contributed by atoms with Crippen LogP contribution in [0.5, 0.6) is 5.88 Å². The third-order valence-corrected chi connectivity index (χ3v) is 9.20. The van der Waals surface area contributed by atoms with Crippen LogP contribution in [0.15, 0.2) is 46.0 Å². The Hall–Kier alpha value is -4.88. The zero-order valence-electron chi connectivity index (χ0n) is 26.2. The fourth-order valence-corrected chi connectivity index (χ4v) is 6.63. The number of methoxy groups -OCH3 is 1. The van der Waals surface area contributed by atoms with E-state index in [0.29, 0.717) is 41.2 Å². The number of hydrogen-bond donors (Lipinski definition) is 3. The lowest BCUT2D eigenvalue weighted by Gasteiger charge is -2.20. The van der Waals surface area contributed by atoms with Gasteiger partial charge in [-0.15, -0.1) is 0 Å². The number of nitrogens with one attached hydrogen (secondary N) is 3. The molecule has 12 nitrogen and oxygen atoms in total. The summed E-state index contributed by atoms with van der Waals surface area (Å²) in [6.45, 7) is 2.28. The molecule has 2 amide bonds. The van der Waals surface area contributed by atoms with Gasteiger partial charge in [-0.2, -0.15) is 5.10 Å². The number of rotatable bonds is 8. The molecule has 0 spiro atoms. The number of ether oxygens (including phenoxy) is 1. The van der Waals surface area contributed by atoms with E-state index in [4.69, 9.17) is 21.3 Å². The fourth-order valence-electron chi connectivity index (χ4n) is 6.31. The maximum atomic E-state index is 15.5. The maximum Gasteiger partial charge on any atom is 0.346 e. The molecule has 4 aromatic rings. The van der Waals surface area contributed by atoms with Gasteiger partial charge in [-0.25, -0.2) is 18.9 Å². The molecule has 3 heterocycles. The van der Waals surface area contributed by atoms with E-state index >= 15 is 4.39 Å². The van der Waals surface area contributed by atoms with Crippen molar-refractivity contribution in [3.8, 4) is 28.3 Å². The Bertz CT molecular complexity index is 2060. The Morgan fingerprint density at radius 2 is 1.89 bits per heavy atom. The Labute approximate surface area is 273 Å². The average Bonchev–Trinajstić information content (AvgIpc) is 3.67. The second-order valence-corrected chi connectivity index (χ2v) is 12.1. The maximum absolute atomic E-state index is 15.5. The Kier molecular flexibility index (Phi) is 8.68. The minimum absolute atomic E-state index is 0.0201. The highest BCUT2D eigenvalue weighted by Gasteiger charge is 2.30. The van der Waals surface area contributed by atoms with E-state index in [2.05, 4.69) is 21.0 Å². The molecule has 0 radical (unpaired) electrons. The van der Waals surface area contributed by atoms with Crippen LogP contribution >= 0.6 is 11.6 Å². The van der Waals surface area contributed by atoms with Gasteiger partial charge in [0.05, 0.1) is 17.8 Å². The minimum atomic E-state index is -0.858. The van der Waals surface area contributed by atoms with Crippen molar-refractivity contribution in [2.75, 3.05) is 19.0 Å². The van der Waals surface area contributed by atoms with Crippen LogP contribution < -0.4 is 31.9 Å². The first kappa shape index (κ1) is 32.1. The van der Waals surface area contributed by atoms with Gasteiger partial charge in [0, 0.05) is 67.1 Å². The van der Waals surface area contributed by atoms with Gasteiger partial charge in [0.2, 0.25) is 17.5 Å². The summed E-state index contributed by atoms with van der Waals surface area (Å²) in [5.74, 6) is -0.877. The van der Waals surface area contributed by atoms with Crippen LogP contribution in [0.2, 0.25) is 5.02 Å². The SMILES string of the molecule is COc1nc(-c2cccc(-c3c(F)ccc(NC(=O)c4nn(C)c(=O)n(C)c4=O)c3C)c2Cl)cc2c1[C@@H](NC[C@@H]1CCC(=O)N1)CC2. The van der Waals surface area contributed by atoms with Gasteiger partial charge in [-0.1, -0.05) is 29.8 Å². The van der Waals surface area contributed by atoms with E-state index in [0.717, 1.165) is 39.6 Å². The molecule has 0 bridgehead atoms. The topological polar surface area (TPSA) is 149 Å². The van der Waals surface area contributed by atoms with Crippen LogP contribution in [-0.4, -0.2) is 50.8 Å². The molecule has 1 aliphatic heterocycles. The predicted molar refractivity (Wildman–Crippen MR) is 174 cm³/mol. The second kappa shape index (κ2) is 12.7. The minimum Gasteiger partial charge on any atom is -0.481 e. The standard InChI is InChI=1S/C33H33ClFN7O5/c1-16-22(38-30(44)29-32(45)41(2)33(46)42(3)40-29)12-10-21(35)26(16)20-7-5-6-19(28(20)34)24-14-17-8-11-23(27(17)31(39-24)47-4)36-15-18-9-13-25(43)37-18/h5-7,10,12,14,18,23,36H,8-9,11,13,15H2,1-4H3,(H,37,43)(H,38,44)/t18-,23-/m0/s1. The molecule has 2 aromatic carbocycles.